The summed E-state index contributed by atoms with van der Waals surface area (Å²) in [6.07, 6.45) is 0.744. The zero-order valence-corrected chi connectivity index (χ0v) is 9.72. The first-order valence-electron chi connectivity index (χ1n) is 5.53. The van der Waals surface area contributed by atoms with Crippen LogP contribution >= 0.6 is 0 Å². The van der Waals surface area contributed by atoms with Crippen LogP contribution in [0.25, 0.3) is 11.4 Å². The van der Waals surface area contributed by atoms with Gasteiger partial charge in [-0.05, 0) is 43.8 Å². The Labute approximate surface area is 100 Å². The van der Waals surface area contributed by atoms with Gasteiger partial charge in [0.1, 0.15) is 5.75 Å². The molecular weight excluding hydrogens is 214 g/mol. The normalized spacial score (nSPS) is 10.5. The molecule has 0 fully saturated rings. The van der Waals surface area contributed by atoms with Gasteiger partial charge in [-0.1, -0.05) is 0 Å². The summed E-state index contributed by atoms with van der Waals surface area (Å²) >= 11 is 0. The van der Waals surface area contributed by atoms with Gasteiger partial charge >= 0.3 is 0 Å². The Morgan fingerprint density at radius 2 is 1.88 bits per heavy atom. The zero-order chi connectivity index (χ0) is 12.3. The minimum absolute atomic E-state index is 0.239. The molecule has 0 aliphatic rings. The third kappa shape index (κ3) is 2.79. The highest BCUT2D eigenvalue weighted by Crippen LogP contribution is 2.19. The van der Waals surface area contributed by atoms with E-state index in [0.717, 1.165) is 23.4 Å². The third-order valence-electron chi connectivity index (χ3n) is 2.43. The maximum Gasteiger partial charge on any atom is 0.159 e. The van der Waals surface area contributed by atoms with Crippen molar-refractivity contribution >= 4 is 0 Å². The standard InChI is InChI=1S/C13H15N3O/c1-9-8-11(6-7-14)16-13(15-9)10-2-4-12(17)5-3-10/h2-5,8,17H,6-7,14H2,1H3. The van der Waals surface area contributed by atoms with E-state index >= 15 is 0 Å². The van der Waals surface area contributed by atoms with Crippen molar-refractivity contribution in [2.45, 2.75) is 13.3 Å². The highest BCUT2D eigenvalue weighted by Gasteiger charge is 2.04. The van der Waals surface area contributed by atoms with Gasteiger partial charge in [0.25, 0.3) is 0 Å². The Hall–Kier alpha value is -1.94. The van der Waals surface area contributed by atoms with Gasteiger partial charge in [0, 0.05) is 23.4 Å². The van der Waals surface area contributed by atoms with Crippen LogP contribution in [0.1, 0.15) is 11.4 Å². The van der Waals surface area contributed by atoms with Crippen LogP contribution < -0.4 is 5.73 Å². The second kappa shape index (κ2) is 4.93. The molecule has 4 heteroatoms. The predicted octanol–water partition coefficient (Wildman–Crippen LogP) is 1.66. The maximum absolute atomic E-state index is 9.24. The van der Waals surface area contributed by atoms with Gasteiger partial charge in [-0.2, -0.15) is 0 Å². The molecule has 0 amide bonds. The third-order valence-corrected chi connectivity index (χ3v) is 2.43. The van der Waals surface area contributed by atoms with Crippen molar-refractivity contribution in [2.24, 2.45) is 5.73 Å². The van der Waals surface area contributed by atoms with Crippen LogP contribution in [0.4, 0.5) is 0 Å². The Morgan fingerprint density at radius 3 is 2.53 bits per heavy atom. The molecule has 17 heavy (non-hydrogen) atoms. The highest BCUT2D eigenvalue weighted by atomic mass is 16.3. The number of hydrogen-bond acceptors (Lipinski definition) is 4. The lowest BCUT2D eigenvalue weighted by molar-refractivity contribution is 0.475. The summed E-state index contributed by atoms with van der Waals surface area (Å²) in [5.41, 5.74) is 8.29. The van der Waals surface area contributed by atoms with E-state index in [2.05, 4.69) is 9.97 Å². The molecule has 3 N–H and O–H groups in total. The number of rotatable bonds is 3. The van der Waals surface area contributed by atoms with E-state index in [1.54, 1.807) is 24.3 Å². The molecule has 2 rings (SSSR count). The molecular formula is C13H15N3O. The Kier molecular flexibility index (Phi) is 3.35. The van der Waals surface area contributed by atoms with Crippen LogP contribution in [0, 0.1) is 6.92 Å². The van der Waals surface area contributed by atoms with E-state index < -0.39 is 0 Å². The van der Waals surface area contributed by atoms with E-state index in [1.807, 2.05) is 13.0 Å². The molecule has 0 unspecified atom stereocenters. The number of benzene rings is 1. The molecule has 0 saturated heterocycles. The first kappa shape index (κ1) is 11.5. The van der Waals surface area contributed by atoms with Crippen molar-refractivity contribution in [1.29, 1.82) is 0 Å². The van der Waals surface area contributed by atoms with E-state index in [4.69, 9.17) is 5.73 Å². The summed E-state index contributed by atoms with van der Waals surface area (Å²) in [4.78, 5) is 8.83. The minimum atomic E-state index is 0.239. The number of nitrogens with two attached hydrogens (primary N) is 1. The number of phenols is 1. The van der Waals surface area contributed by atoms with Crippen molar-refractivity contribution < 1.29 is 5.11 Å². The molecule has 1 heterocycles. The lowest BCUT2D eigenvalue weighted by Gasteiger charge is -2.05. The SMILES string of the molecule is Cc1cc(CCN)nc(-c2ccc(O)cc2)n1. The molecule has 0 atom stereocenters. The Balaban J connectivity index is 2.40. The smallest absolute Gasteiger partial charge is 0.159 e. The summed E-state index contributed by atoms with van der Waals surface area (Å²) in [5, 5.41) is 9.24. The van der Waals surface area contributed by atoms with Crippen molar-refractivity contribution in [3.05, 3.63) is 41.7 Å². The summed E-state index contributed by atoms with van der Waals surface area (Å²) in [7, 11) is 0. The molecule has 0 spiro atoms. The van der Waals surface area contributed by atoms with Crippen LogP contribution in [-0.2, 0) is 6.42 Å². The van der Waals surface area contributed by atoms with Gasteiger partial charge < -0.3 is 10.8 Å². The molecule has 1 aromatic carbocycles. The van der Waals surface area contributed by atoms with Crippen molar-refractivity contribution in [3.8, 4) is 17.1 Å². The van der Waals surface area contributed by atoms with Crippen molar-refractivity contribution in [1.82, 2.24) is 9.97 Å². The monoisotopic (exact) mass is 229 g/mol. The Bertz CT molecular complexity index is 509. The molecule has 0 radical (unpaired) electrons. The quantitative estimate of drug-likeness (QED) is 0.839. The number of hydrogen-bond donors (Lipinski definition) is 2. The molecule has 0 saturated carbocycles. The van der Waals surface area contributed by atoms with Gasteiger partial charge in [0.15, 0.2) is 5.82 Å². The lowest BCUT2D eigenvalue weighted by atomic mass is 10.2. The average Bonchev–Trinajstić information content (AvgIpc) is 2.29. The number of aromatic nitrogens is 2. The largest absolute Gasteiger partial charge is 0.508 e. The number of nitrogens with zero attached hydrogens (tertiary/aromatic N) is 2. The highest BCUT2D eigenvalue weighted by molar-refractivity contribution is 5.56. The number of aryl methyl sites for hydroxylation is 1. The zero-order valence-electron chi connectivity index (χ0n) is 9.72. The van der Waals surface area contributed by atoms with Gasteiger partial charge in [0.05, 0.1) is 0 Å². The summed E-state index contributed by atoms with van der Waals surface area (Å²) in [6, 6.07) is 8.80. The van der Waals surface area contributed by atoms with Crippen molar-refractivity contribution in [3.63, 3.8) is 0 Å². The number of phenolic OH excluding ortho intramolecular Hbond substituents is 1. The van der Waals surface area contributed by atoms with E-state index in [-0.39, 0.29) is 5.75 Å². The lowest BCUT2D eigenvalue weighted by Crippen LogP contribution is -2.06. The van der Waals surface area contributed by atoms with E-state index in [1.165, 1.54) is 0 Å². The molecule has 4 nitrogen and oxygen atoms in total. The molecule has 1 aromatic heterocycles. The van der Waals surface area contributed by atoms with Gasteiger partial charge in [0.2, 0.25) is 0 Å². The van der Waals surface area contributed by atoms with Crippen LogP contribution in [0.3, 0.4) is 0 Å². The van der Waals surface area contributed by atoms with Crippen LogP contribution in [0.15, 0.2) is 30.3 Å². The van der Waals surface area contributed by atoms with Gasteiger partial charge in [-0.15, -0.1) is 0 Å². The Morgan fingerprint density at radius 1 is 1.18 bits per heavy atom. The summed E-state index contributed by atoms with van der Waals surface area (Å²) < 4.78 is 0. The maximum atomic E-state index is 9.24. The topological polar surface area (TPSA) is 72.0 Å². The molecule has 0 aliphatic heterocycles. The van der Waals surface area contributed by atoms with E-state index in [9.17, 15) is 5.11 Å². The van der Waals surface area contributed by atoms with Crippen molar-refractivity contribution in [2.75, 3.05) is 6.54 Å². The fourth-order valence-electron chi connectivity index (χ4n) is 1.65. The van der Waals surface area contributed by atoms with E-state index in [0.29, 0.717) is 12.4 Å². The molecule has 2 aromatic rings. The average molecular weight is 229 g/mol. The first-order valence-corrected chi connectivity index (χ1v) is 5.53. The fourth-order valence-corrected chi connectivity index (χ4v) is 1.65. The van der Waals surface area contributed by atoms with Crippen LogP contribution in [0.2, 0.25) is 0 Å². The number of aromatic hydroxyl groups is 1. The minimum Gasteiger partial charge on any atom is -0.508 e. The fraction of sp³-hybridized carbons (Fsp3) is 0.231. The van der Waals surface area contributed by atoms with Gasteiger partial charge in [-0.3, -0.25) is 0 Å². The summed E-state index contributed by atoms with van der Waals surface area (Å²) in [5.74, 6) is 0.914. The first-order chi connectivity index (χ1) is 8.19. The van der Waals surface area contributed by atoms with Gasteiger partial charge in [-0.25, -0.2) is 9.97 Å². The predicted molar refractivity (Wildman–Crippen MR) is 66.6 cm³/mol. The second-order valence-corrected chi connectivity index (χ2v) is 3.91. The molecule has 0 aliphatic carbocycles. The van der Waals surface area contributed by atoms with Crippen LogP contribution in [0.5, 0.6) is 5.75 Å². The van der Waals surface area contributed by atoms with Crippen LogP contribution in [-0.4, -0.2) is 21.6 Å². The molecule has 0 bridgehead atoms. The second-order valence-electron chi connectivity index (χ2n) is 3.91. The molecule has 88 valence electrons. The summed E-state index contributed by atoms with van der Waals surface area (Å²) in [6.45, 7) is 2.51.